The number of alkyl carbamates (subject to hydrolysis) is 1. The number of ether oxygens (including phenoxy) is 4. The summed E-state index contributed by atoms with van der Waals surface area (Å²) in [5.74, 6) is -12.2. The lowest BCUT2D eigenvalue weighted by molar-refractivity contribution is -0.384. The van der Waals surface area contributed by atoms with Gasteiger partial charge in [-0.15, -0.1) is 0 Å². The van der Waals surface area contributed by atoms with E-state index < -0.39 is 135 Å². The van der Waals surface area contributed by atoms with Crippen molar-refractivity contribution < 1.29 is 121 Å². The van der Waals surface area contributed by atoms with Crippen molar-refractivity contribution in [3.8, 4) is 5.75 Å². The maximum Gasteiger partial charge on any atom is 0.425 e. The van der Waals surface area contributed by atoms with Crippen molar-refractivity contribution in [3.05, 3.63) is 247 Å². The summed E-state index contributed by atoms with van der Waals surface area (Å²) in [7, 11) is 2.89. The van der Waals surface area contributed by atoms with E-state index in [0.717, 1.165) is 88.7 Å². The highest BCUT2D eigenvalue weighted by Crippen LogP contribution is 2.25. The van der Waals surface area contributed by atoms with Crippen LogP contribution in [-0.4, -0.2) is 144 Å². The Labute approximate surface area is 579 Å². The van der Waals surface area contributed by atoms with E-state index in [2.05, 4.69) is 21.1 Å². The Morgan fingerprint density at radius 3 is 1.27 bits per heavy atom. The number of hydrogen-bond acceptors (Lipinski definition) is 17. The number of benzene rings is 7. The summed E-state index contributed by atoms with van der Waals surface area (Å²) in [6.45, 7) is 1.90. The minimum Gasteiger partial charge on any atom is -0.480 e. The summed E-state index contributed by atoms with van der Waals surface area (Å²) in [5, 5.41) is 41.4. The Balaban J connectivity index is 0.000000267. The molecule has 3 unspecified atom stereocenters. The highest BCUT2D eigenvalue weighted by atomic mass is 19.2. The van der Waals surface area contributed by atoms with Crippen LogP contribution in [0.4, 0.5) is 82.3 Å². The number of carboxylic acids is 1. The van der Waals surface area contributed by atoms with Crippen LogP contribution < -0.4 is 32.6 Å². The highest BCUT2D eigenvalue weighted by molar-refractivity contribution is 5.92. The molecular weight excluding hydrogens is 1400 g/mol. The van der Waals surface area contributed by atoms with E-state index in [1.807, 2.05) is 6.92 Å². The Hall–Kier alpha value is -10.9. The first-order chi connectivity index (χ1) is 48.8. The van der Waals surface area contributed by atoms with Crippen molar-refractivity contribution in [1.29, 1.82) is 0 Å². The zero-order valence-corrected chi connectivity index (χ0v) is 54.8. The zero-order chi connectivity index (χ0) is 76.8. The molecule has 7 aromatic carbocycles. The van der Waals surface area contributed by atoms with Gasteiger partial charge in [0.05, 0.1) is 29.7 Å². The number of hydrogen-bond donors (Lipinski definition) is 8. The second-order valence-corrected chi connectivity index (χ2v) is 22.2. The van der Waals surface area contributed by atoms with Crippen LogP contribution in [0.5, 0.6) is 5.75 Å². The third-order valence-corrected chi connectivity index (χ3v) is 14.3. The van der Waals surface area contributed by atoms with Crippen LogP contribution in [0.2, 0.25) is 0 Å². The summed E-state index contributed by atoms with van der Waals surface area (Å²) in [6, 6.07) is 22.1. The summed E-state index contributed by atoms with van der Waals surface area (Å²) < 4.78 is 172. The van der Waals surface area contributed by atoms with Gasteiger partial charge in [-0.2, -0.15) is 0 Å². The molecule has 103 heavy (non-hydrogen) atoms. The van der Waals surface area contributed by atoms with Gasteiger partial charge in [-0.3, -0.25) is 14.9 Å². The molecule has 556 valence electrons. The number of carboxylic acid groups (broad SMARTS) is 1. The number of halogens is 12. The standard InChI is InChI=1S/C17H12F2N2O6.C12H12F2N2O3.C10H9F2NO2.C10H12F2O.C9H9F2NO2.C9H11F2NO.CH5N/c18-14-6-1-10(8-15(14)19)7-12-9-26-16(22)20(12)17(23)27-13-4-2-11(3-5-13)21(24)25;1-15-11(17)16-8(6-19-12(16)18)4-7-2-3-9(13)10(14)5-7;11-8-2-1-6(4-9(8)12)3-7-5-15-10(14)13-7;1-7(6-13)4-8-2-3-9(11)10(12)5-8;10-6-2-1-5(3-7(6)11)4-8(12)9(13)14;10-8-2-1-6(4-9(8)11)3-7(12)5-13;1-2/h1-6,8,12H,7,9H2;2-3,5,8H,4,6H2,1H3,(H,15,17);1-2,4,7H,3,5H2,(H,13,14);2-3,5,7,13H,4,6H2,1H3;1-3,8H,4,12H2,(H,13,14);1-2,4,7,13H,3,5,12H2;2H2,1H3/t;;;7-;8-;7-;/m...000./s1. The number of imide groups is 2. The molecular formula is C68H70F12N8O15. The Morgan fingerprint density at radius 2 is 0.913 bits per heavy atom. The number of rotatable bonds is 17. The monoisotopic (exact) mass is 1470 g/mol. The van der Waals surface area contributed by atoms with Crippen molar-refractivity contribution in [2.75, 3.05) is 47.1 Å². The van der Waals surface area contributed by atoms with E-state index in [1.54, 1.807) is 0 Å². The van der Waals surface area contributed by atoms with Crippen LogP contribution in [0.1, 0.15) is 40.3 Å². The molecule has 0 bridgehead atoms. The molecule has 6 atom stereocenters. The van der Waals surface area contributed by atoms with Gasteiger partial charge in [-0.05, 0) is 170 Å². The minimum absolute atomic E-state index is 0.00289. The number of aliphatic hydroxyl groups is 2. The molecule has 0 spiro atoms. The third kappa shape index (κ3) is 27.5. The van der Waals surface area contributed by atoms with Crippen LogP contribution >= 0.6 is 0 Å². The second kappa shape index (κ2) is 41.8. The molecule has 3 aliphatic heterocycles. The van der Waals surface area contributed by atoms with E-state index in [4.69, 9.17) is 41.0 Å². The van der Waals surface area contributed by atoms with Gasteiger partial charge in [0.1, 0.15) is 31.6 Å². The summed E-state index contributed by atoms with van der Waals surface area (Å²) in [4.78, 5) is 79.8. The predicted molar refractivity (Wildman–Crippen MR) is 343 cm³/mol. The number of cyclic esters (lactones) is 3. The Bertz CT molecular complexity index is 3970. The number of nitro groups is 1. The summed E-state index contributed by atoms with van der Waals surface area (Å²) >= 11 is 0. The molecule has 11 N–H and O–H groups in total. The molecule has 3 heterocycles. The lowest BCUT2D eigenvalue weighted by Gasteiger charge is -2.19. The smallest absolute Gasteiger partial charge is 0.425 e. The van der Waals surface area contributed by atoms with Gasteiger partial charge in [0.15, 0.2) is 69.8 Å². The van der Waals surface area contributed by atoms with Gasteiger partial charge in [0.2, 0.25) is 0 Å². The first-order valence-electron chi connectivity index (χ1n) is 30.5. The van der Waals surface area contributed by atoms with Gasteiger partial charge in [0, 0.05) is 31.8 Å². The third-order valence-electron chi connectivity index (χ3n) is 14.3. The molecule has 0 aromatic heterocycles. The molecule has 3 fully saturated rings. The lowest BCUT2D eigenvalue weighted by atomic mass is 10.0. The van der Waals surface area contributed by atoms with Gasteiger partial charge >= 0.3 is 36.4 Å². The number of aliphatic hydroxyl groups excluding tert-OH is 2. The predicted octanol–water partition coefficient (Wildman–Crippen LogP) is 10.2. The Morgan fingerprint density at radius 1 is 0.544 bits per heavy atom. The van der Waals surface area contributed by atoms with Crippen LogP contribution in [-0.2, 0) is 57.5 Å². The van der Waals surface area contributed by atoms with Crippen molar-refractivity contribution in [3.63, 3.8) is 0 Å². The largest absolute Gasteiger partial charge is 0.480 e. The number of nitrogens with two attached hydrogens (primary N) is 3. The maximum absolute atomic E-state index is 13.3. The number of nitrogens with zero attached hydrogens (tertiary/aromatic N) is 3. The summed E-state index contributed by atoms with van der Waals surface area (Å²) in [5.41, 5.74) is 18.1. The lowest BCUT2D eigenvalue weighted by Crippen LogP contribution is -2.44. The number of amides is 6. The first-order valence-corrected chi connectivity index (χ1v) is 30.5. The molecule has 3 saturated heterocycles. The van der Waals surface area contributed by atoms with E-state index in [1.165, 1.54) is 68.7 Å². The molecule has 23 nitrogen and oxygen atoms in total. The van der Waals surface area contributed by atoms with Crippen LogP contribution in [0.25, 0.3) is 0 Å². The second-order valence-electron chi connectivity index (χ2n) is 22.2. The SMILES string of the molecule is CN.CNC(=O)N1C(=O)OCC1Cc1ccc(F)c(F)c1.C[C@H](CO)Cc1ccc(F)c(F)c1.N[C@@H](Cc1ccc(F)c(F)c1)C(=O)O.N[C@H](CO)Cc1ccc(F)c(F)c1.O=C1NC(Cc2ccc(F)c(F)c2)CO1.O=C1OCC(Cc2ccc(F)c(F)c2)N1C(=O)Oc1ccc([N+](=O)[O-])cc1. The maximum atomic E-state index is 13.3. The van der Waals surface area contributed by atoms with E-state index in [-0.39, 0.29) is 75.7 Å². The molecule has 7 aromatic rings. The first kappa shape index (κ1) is 84.5. The van der Waals surface area contributed by atoms with E-state index in [0.29, 0.717) is 52.6 Å². The number of urea groups is 1. The number of carbonyl (C=O) groups is 6. The molecule has 0 radical (unpaired) electrons. The van der Waals surface area contributed by atoms with Crippen LogP contribution in [0.15, 0.2) is 133 Å². The zero-order valence-electron chi connectivity index (χ0n) is 54.8. The van der Waals surface area contributed by atoms with Crippen LogP contribution in [0.3, 0.4) is 0 Å². The van der Waals surface area contributed by atoms with Crippen molar-refractivity contribution >= 4 is 42.1 Å². The number of nitro benzene ring substituents is 1. The van der Waals surface area contributed by atoms with Gasteiger partial charge in [-0.25, -0.2) is 86.5 Å². The topological polar surface area (TPSA) is 352 Å². The van der Waals surface area contributed by atoms with Crippen molar-refractivity contribution in [1.82, 2.24) is 20.4 Å². The van der Waals surface area contributed by atoms with E-state index >= 15 is 0 Å². The molecule has 0 saturated carbocycles. The molecule has 35 heteroatoms. The summed E-state index contributed by atoms with van der Waals surface area (Å²) in [6.07, 6.45) is -1.63. The fourth-order valence-electron chi connectivity index (χ4n) is 9.14. The average molecular weight is 1470 g/mol. The van der Waals surface area contributed by atoms with Crippen LogP contribution in [0, 0.1) is 85.8 Å². The Kier molecular flexibility index (Phi) is 34.3. The quantitative estimate of drug-likeness (QED) is 0.0182. The van der Waals surface area contributed by atoms with Crippen molar-refractivity contribution in [2.45, 2.75) is 75.7 Å². The normalized spacial score (nSPS) is 15.5. The van der Waals surface area contributed by atoms with Gasteiger partial charge < -0.3 is 62.1 Å². The number of carbonyl (C=O) groups excluding carboxylic acids is 5. The molecule has 6 amide bonds. The number of aliphatic carboxylic acids is 1. The van der Waals surface area contributed by atoms with Gasteiger partial charge in [-0.1, -0.05) is 43.3 Å². The average Bonchev–Trinajstić information content (AvgIpc) is 1.69. The molecule has 0 aliphatic carbocycles. The van der Waals surface area contributed by atoms with Crippen molar-refractivity contribution in [2.24, 2.45) is 23.1 Å². The molecule has 3 aliphatic rings. The molecule has 10 rings (SSSR count). The van der Waals surface area contributed by atoms with Gasteiger partial charge in [0.25, 0.3) is 5.69 Å². The fourth-order valence-corrected chi connectivity index (χ4v) is 9.14. The number of nitrogens with one attached hydrogen (secondary N) is 2. The fraction of sp³-hybridized carbons (Fsp3) is 0.294. The number of non-ortho nitro benzene ring substituents is 1. The highest BCUT2D eigenvalue weighted by Gasteiger charge is 2.40. The van der Waals surface area contributed by atoms with E-state index in [9.17, 15) is 91.6 Å². The minimum atomic E-state index is -1.17.